The Hall–Kier alpha value is -4.85. The van der Waals surface area contributed by atoms with E-state index in [1.807, 2.05) is 30.3 Å². The van der Waals surface area contributed by atoms with Crippen LogP contribution in [0.15, 0.2) is 108 Å². The quantitative estimate of drug-likeness (QED) is 0.114. The number of hydrazine groups is 1. The molecular formula is C42H32Cl2IN3O7. The van der Waals surface area contributed by atoms with E-state index in [1.54, 1.807) is 68.0 Å². The molecule has 4 aromatic rings. The second-order valence-electron chi connectivity index (χ2n) is 14.5. The number of imide groups is 2. The molecule has 5 aliphatic rings. The molecule has 0 radical (unpaired) electrons. The number of allylic oxidation sites excluding steroid dienone is 3. The second-order valence-corrected chi connectivity index (χ2v) is 16.6. The van der Waals surface area contributed by atoms with Crippen LogP contribution < -0.4 is 19.8 Å². The molecule has 278 valence electrons. The number of hydrogen-bond donors (Lipinski definition) is 2. The number of carbonyl (C=O) groups excluding carboxylic acids is 4. The third-order valence-corrected chi connectivity index (χ3v) is 13.1. The number of phenols is 1. The third kappa shape index (κ3) is 5.48. The van der Waals surface area contributed by atoms with Gasteiger partial charge in [0, 0.05) is 26.5 Å². The van der Waals surface area contributed by atoms with Crippen LogP contribution >= 0.6 is 45.8 Å². The number of phenolic OH excluding ortho intramolecular Hbond substituents is 1. The number of methoxy groups -OCH3 is 1. The van der Waals surface area contributed by atoms with Gasteiger partial charge in [-0.1, -0.05) is 47.0 Å². The average molecular weight is 889 g/mol. The highest BCUT2D eigenvalue weighted by atomic mass is 127. The van der Waals surface area contributed by atoms with Crippen LogP contribution in [0.2, 0.25) is 10.0 Å². The zero-order chi connectivity index (χ0) is 38.3. The largest absolute Gasteiger partial charge is 0.508 e. The summed E-state index contributed by atoms with van der Waals surface area (Å²) in [6.45, 7) is 0. The number of carbonyl (C=O) groups is 4. The Labute approximate surface area is 339 Å². The van der Waals surface area contributed by atoms with Crippen molar-refractivity contribution in [1.82, 2.24) is 5.01 Å². The fraction of sp³-hybridized carbons (Fsp3) is 0.238. The van der Waals surface area contributed by atoms with Gasteiger partial charge in [-0.15, -0.1) is 0 Å². The van der Waals surface area contributed by atoms with Gasteiger partial charge in [-0.2, -0.15) is 5.01 Å². The predicted octanol–water partition coefficient (Wildman–Crippen LogP) is 7.85. The molecule has 4 amide bonds. The maximum absolute atomic E-state index is 15.5. The van der Waals surface area contributed by atoms with Gasteiger partial charge in [-0.3, -0.25) is 29.5 Å². The zero-order valence-electron chi connectivity index (χ0n) is 29.2. The lowest BCUT2D eigenvalue weighted by Gasteiger charge is -2.51. The molecule has 2 aliphatic carbocycles. The molecule has 3 fully saturated rings. The van der Waals surface area contributed by atoms with Crippen LogP contribution in [0, 0.1) is 33.2 Å². The van der Waals surface area contributed by atoms with Crippen molar-refractivity contribution in [3.63, 3.8) is 0 Å². The first kappa shape index (κ1) is 35.8. The summed E-state index contributed by atoms with van der Waals surface area (Å²) < 4.78 is 12.7. The molecule has 13 heteroatoms. The van der Waals surface area contributed by atoms with E-state index in [-0.39, 0.29) is 41.8 Å². The molecule has 3 heterocycles. The van der Waals surface area contributed by atoms with Crippen molar-refractivity contribution in [3.8, 4) is 17.2 Å². The minimum absolute atomic E-state index is 0.0562. The summed E-state index contributed by atoms with van der Waals surface area (Å²) in [5.41, 5.74) is 5.04. The number of nitrogens with zero attached hydrogens (tertiary/aromatic N) is 2. The molecule has 9 rings (SSSR count). The van der Waals surface area contributed by atoms with Crippen molar-refractivity contribution in [2.24, 2.45) is 29.6 Å². The van der Waals surface area contributed by atoms with E-state index in [4.69, 9.17) is 32.7 Å². The van der Waals surface area contributed by atoms with Crippen LogP contribution in [0.25, 0.3) is 0 Å². The van der Waals surface area contributed by atoms with E-state index in [0.29, 0.717) is 44.6 Å². The summed E-state index contributed by atoms with van der Waals surface area (Å²) in [6.07, 6.45) is 4.32. The van der Waals surface area contributed by atoms with E-state index >= 15 is 9.59 Å². The molecule has 0 spiro atoms. The maximum Gasteiger partial charge on any atom is 0.260 e. The van der Waals surface area contributed by atoms with E-state index < -0.39 is 46.8 Å². The third-order valence-electron chi connectivity index (χ3n) is 11.8. The van der Waals surface area contributed by atoms with Gasteiger partial charge in [-0.25, -0.2) is 0 Å². The number of halogens is 3. The van der Waals surface area contributed by atoms with Gasteiger partial charge < -0.3 is 14.6 Å². The number of amides is 4. The normalized spacial score (nSPS) is 26.7. The molecule has 2 saturated heterocycles. The van der Waals surface area contributed by atoms with Gasteiger partial charge >= 0.3 is 0 Å². The van der Waals surface area contributed by atoms with E-state index in [0.717, 1.165) is 14.2 Å². The molecule has 10 nitrogen and oxygen atoms in total. The van der Waals surface area contributed by atoms with Crippen LogP contribution in [0.1, 0.15) is 24.0 Å². The lowest BCUT2D eigenvalue weighted by Crippen LogP contribution is -2.55. The highest BCUT2D eigenvalue weighted by Crippen LogP contribution is 2.63. The summed E-state index contributed by atoms with van der Waals surface area (Å²) in [4.78, 5) is 60.5. The SMILES string of the molecule is COc1ccc(C23C(=O)N(Nc4ccc(Cl)cc4Cl)C(=O)C2CC2C(=CCC4C(=O)N(c5ccc(I)cc5)C(=O)C42)C3C2=COc3ccc(O)cc3C2)cc1. The van der Waals surface area contributed by atoms with E-state index in [1.165, 1.54) is 11.0 Å². The minimum Gasteiger partial charge on any atom is -0.508 e. The molecule has 1 saturated carbocycles. The number of hydrogen-bond acceptors (Lipinski definition) is 8. The lowest BCUT2D eigenvalue weighted by molar-refractivity contribution is -0.139. The Morgan fingerprint density at radius 2 is 1.67 bits per heavy atom. The molecule has 2 N–H and O–H groups in total. The first-order chi connectivity index (χ1) is 26.5. The van der Waals surface area contributed by atoms with Gasteiger partial charge in [0.05, 0.1) is 52.9 Å². The van der Waals surface area contributed by atoms with Gasteiger partial charge in [-0.05, 0) is 125 Å². The number of fused-ring (bicyclic) bond motifs is 5. The minimum atomic E-state index is -1.53. The number of anilines is 2. The molecule has 0 aromatic heterocycles. The smallest absolute Gasteiger partial charge is 0.260 e. The van der Waals surface area contributed by atoms with Crippen molar-refractivity contribution >= 4 is 80.8 Å². The van der Waals surface area contributed by atoms with Crippen molar-refractivity contribution < 1.29 is 33.8 Å². The molecule has 6 unspecified atom stereocenters. The summed E-state index contributed by atoms with van der Waals surface area (Å²) in [5.74, 6) is -4.19. The number of rotatable bonds is 6. The Morgan fingerprint density at radius 1 is 0.909 bits per heavy atom. The number of nitrogens with one attached hydrogen (secondary N) is 1. The summed E-state index contributed by atoms with van der Waals surface area (Å²) >= 11 is 14.9. The van der Waals surface area contributed by atoms with Gasteiger partial charge in [0.25, 0.3) is 11.8 Å². The molecule has 3 aliphatic heterocycles. The second kappa shape index (κ2) is 13.4. The predicted molar refractivity (Wildman–Crippen MR) is 214 cm³/mol. The van der Waals surface area contributed by atoms with Crippen LogP contribution in [0.4, 0.5) is 11.4 Å². The average Bonchev–Trinajstić information content (AvgIpc) is 3.56. The first-order valence-corrected chi connectivity index (χ1v) is 19.6. The highest BCUT2D eigenvalue weighted by molar-refractivity contribution is 14.1. The fourth-order valence-corrected chi connectivity index (χ4v) is 10.3. The molecule has 4 aromatic carbocycles. The van der Waals surface area contributed by atoms with Crippen LogP contribution in [0.5, 0.6) is 17.2 Å². The summed E-state index contributed by atoms with van der Waals surface area (Å²) in [6, 6.07) is 23.9. The number of aromatic hydroxyl groups is 1. The van der Waals surface area contributed by atoms with Crippen molar-refractivity contribution in [2.75, 3.05) is 17.4 Å². The highest BCUT2D eigenvalue weighted by Gasteiger charge is 2.71. The Bertz CT molecular complexity index is 2380. The molecule has 0 bridgehead atoms. The van der Waals surface area contributed by atoms with Gasteiger partial charge in [0.2, 0.25) is 11.8 Å². The number of ether oxygens (including phenoxy) is 2. The van der Waals surface area contributed by atoms with Crippen molar-refractivity contribution in [2.45, 2.75) is 24.7 Å². The van der Waals surface area contributed by atoms with Crippen molar-refractivity contribution in [1.29, 1.82) is 0 Å². The molecular weight excluding hydrogens is 856 g/mol. The van der Waals surface area contributed by atoms with Gasteiger partial charge in [0.1, 0.15) is 17.2 Å². The van der Waals surface area contributed by atoms with Crippen molar-refractivity contribution in [3.05, 3.63) is 133 Å². The Kier molecular flexibility index (Phi) is 8.74. The van der Waals surface area contributed by atoms with Crippen LogP contribution in [-0.2, 0) is 31.0 Å². The Balaban J connectivity index is 1.23. The topological polar surface area (TPSA) is 125 Å². The van der Waals surface area contributed by atoms with E-state index in [9.17, 15) is 14.7 Å². The number of benzene rings is 4. The van der Waals surface area contributed by atoms with Crippen LogP contribution in [-0.4, -0.2) is 40.9 Å². The van der Waals surface area contributed by atoms with Crippen LogP contribution in [0.3, 0.4) is 0 Å². The standard InChI is InChI=1S/C42H32Cl2IN3O7/c1-54-28-10-2-23(3-11-28)42-32(39(51)48(41(42)53)46-34-14-4-24(43)18-33(34)44)19-31-29(37(42)22-16-21-17-27(49)9-15-35(21)55-20-22)12-13-30-36(31)40(52)47(38(30)50)26-7-5-25(45)6-8-26/h2-12,14-15,17-18,20,30-32,36-37,46,49H,13,16,19H2,1H3. The first-order valence-electron chi connectivity index (χ1n) is 17.8. The summed E-state index contributed by atoms with van der Waals surface area (Å²) in [5, 5.41) is 12.1. The Morgan fingerprint density at radius 3 is 2.40 bits per heavy atom. The van der Waals surface area contributed by atoms with Gasteiger partial charge in [0.15, 0.2) is 0 Å². The lowest BCUT2D eigenvalue weighted by atomic mass is 9.48. The monoisotopic (exact) mass is 887 g/mol. The summed E-state index contributed by atoms with van der Waals surface area (Å²) in [7, 11) is 1.55. The zero-order valence-corrected chi connectivity index (χ0v) is 32.8. The fourth-order valence-electron chi connectivity index (χ4n) is 9.50. The maximum atomic E-state index is 15.5. The molecule has 6 atom stereocenters. The molecule has 55 heavy (non-hydrogen) atoms. The van der Waals surface area contributed by atoms with E-state index in [2.05, 4.69) is 28.0 Å².